The number of aryl methyl sites for hydroxylation is 1. The Kier molecular flexibility index (Phi) is 5.03. The van der Waals surface area contributed by atoms with Crippen molar-refractivity contribution in [3.8, 4) is 11.4 Å². The molecule has 1 aromatic heterocycles. The van der Waals surface area contributed by atoms with Crippen LogP contribution in [0.5, 0.6) is 0 Å². The maximum absolute atomic E-state index is 6.24. The monoisotopic (exact) mass is 354 g/mol. The van der Waals surface area contributed by atoms with Gasteiger partial charge in [0.25, 0.3) is 0 Å². The van der Waals surface area contributed by atoms with Gasteiger partial charge in [-0.15, -0.1) is 0 Å². The lowest BCUT2D eigenvalue weighted by atomic mass is 10.1. The van der Waals surface area contributed by atoms with Gasteiger partial charge in [-0.3, -0.25) is 0 Å². The number of halogens is 1. The van der Waals surface area contributed by atoms with Gasteiger partial charge in [-0.2, -0.15) is 14.9 Å². The molecule has 4 nitrogen and oxygen atoms in total. The maximum Gasteiger partial charge on any atom is 0.216 e. The third kappa shape index (κ3) is 3.88. The van der Waals surface area contributed by atoms with Crippen LogP contribution in [-0.4, -0.2) is 21.1 Å². The number of nitrogens with one attached hydrogen (secondary N) is 1. The van der Waals surface area contributed by atoms with Crippen LogP contribution < -0.4 is 0 Å². The molecule has 0 aliphatic rings. The fourth-order valence-corrected chi connectivity index (χ4v) is 2.50. The summed E-state index contributed by atoms with van der Waals surface area (Å²) in [6.07, 6.45) is 3.39. The molecule has 0 atom stereocenters. The first-order valence-corrected chi connectivity index (χ1v) is 8.13. The van der Waals surface area contributed by atoms with E-state index in [0.29, 0.717) is 15.6 Å². The average molecular weight is 355 g/mol. The van der Waals surface area contributed by atoms with E-state index in [9.17, 15) is 0 Å². The van der Waals surface area contributed by atoms with Crippen LogP contribution in [0, 0.1) is 11.7 Å². The number of hydrogen-bond donors (Lipinski definition) is 1. The molecule has 0 aliphatic heterocycles. The standard InChI is InChI=1S/C18H15ClN4S/c1-13-7-9-15(10-8-13)17-21-22-18(24)23(17)20-12-16(19)11-14-5-3-2-4-6-14/h2-12H,1H3,(H,22,24)/b16-11-,20-12+. The van der Waals surface area contributed by atoms with Gasteiger partial charge in [0.15, 0.2) is 5.82 Å². The Hall–Kier alpha value is -2.50. The van der Waals surface area contributed by atoms with E-state index in [-0.39, 0.29) is 0 Å². The smallest absolute Gasteiger partial charge is 0.216 e. The number of aromatic nitrogens is 3. The van der Waals surface area contributed by atoms with Gasteiger partial charge in [-0.1, -0.05) is 71.8 Å². The lowest BCUT2D eigenvalue weighted by molar-refractivity contribution is 0.872. The quantitative estimate of drug-likeness (QED) is 0.527. The highest BCUT2D eigenvalue weighted by Crippen LogP contribution is 2.18. The number of rotatable bonds is 4. The number of hydrogen-bond acceptors (Lipinski definition) is 3. The van der Waals surface area contributed by atoms with Crippen molar-refractivity contribution in [2.45, 2.75) is 6.92 Å². The van der Waals surface area contributed by atoms with Crippen LogP contribution in [0.25, 0.3) is 17.5 Å². The van der Waals surface area contributed by atoms with Crippen LogP contribution >= 0.6 is 23.8 Å². The number of aromatic amines is 1. The van der Waals surface area contributed by atoms with Crippen LogP contribution in [0.2, 0.25) is 0 Å². The topological polar surface area (TPSA) is 46.0 Å². The van der Waals surface area contributed by atoms with E-state index in [4.69, 9.17) is 23.8 Å². The largest absolute Gasteiger partial charge is 0.250 e. The molecule has 6 heteroatoms. The second-order valence-corrected chi connectivity index (χ2v) is 6.04. The van der Waals surface area contributed by atoms with Gasteiger partial charge in [-0.05, 0) is 30.8 Å². The molecule has 1 N–H and O–H groups in total. The van der Waals surface area contributed by atoms with Gasteiger partial charge >= 0.3 is 0 Å². The second kappa shape index (κ2) is 7.38. The zero-order chi connectivity index (χ0) is 16.9. The summed E-state index contributed by atoms with van der Waals surface area (Å²) in [6.45, 7) is 2.03. The summed E-state index contributed by atoms with van der Waals surface area (Å²) in [4.78, 5) is 0. The first-order chi connectivity index (χ1) is 11.6. The molecule has 0 aliphatic carbocycles. The molecule has 0 unspecified atom stereocenters. The summed E-state index contributed by atoms with van der Waals surface area (Å²) in [5, 5.41) is 11.9. The van der Waals surface area contributed by atoms with Gasteiger partial charge in [-0.25, -0.2) is 5.10 Å². The zero-order valence-corrected chi connectivity index (χ0v) is 14.6. The van der Waals surface area contributed by atoms with Crippen LogP contribution in [0.1, 0.15) is 11.1 Å². The minimum atomic E-state index is 0.408. The van der Waals surface area contributed by atoms with Crippen molar-refractivity contribution < 1.29 is 0 Å². The first-order valence-electron chi connectivity index (χ1n) is 7.34. The molecule has 120 valence electrons. The normalized spacial score (nSPS) is 12.0. The van der Waals surface area contributed by atoms with E-state index >= 15 is 0 Å². The Labute approximate surface area is 150 Å². The Morgan fingerprint density at radius 2 is 1.88 bits per heavy atom. The average Bonchev–Trinajstić information content (AvgIpc) is 2.95. The fraction of sp³-hybridized carbons (Fsp3) is 0.0556. The zero-order valence-electron chi connectivity index (χ0n) is 13.0. The van der Waals surface area contributed by atoms with Gasteiger partial charge in [0.2, 0.25) is 4.77 Å². The Morgan fingerprint density at radius 1 is 1.17 bits per heavy atom. The molecular formula is C18H15ClN4S. The highest BCUT2D eigenvalue weighted by atomic mass is 35.5. The predicted octanol–water partition coefficient (Wildman–Crippen LogP) is 5.03. The highest BCUT2D eigenvalue weighted by Gasteiger charge is 2.07. The Bertz CT molecular complexity index is 937. The summed E-state index contributed by atoms with van der Waals surface area (Å²) in [7, 11) is 0. The van der Waals surface area contributed by atoms with Crippen molar-refractivity contribution in [2.75, 3.05) is 0 Å². The van der Waals surface area contributed by atoms with Crippen LogP contribution in [0.15, 0.2) is 64.7 Å². The van der Waals surface area contributed by atoms with Gasteiger partial charge in [0.05, 0.1) is 11.2 Å². The van der Waals surface area contributed by atoms with Crippen LogP contribution in [0.3, 0.4) is 0 Å². The summed E-state index contributed by atoms with van der Waals surface area (Å²) in [6, 6.07) is 17.8. The molecule has 0 saturated heterocycles. The van der Waals surface area contributed by atoms with Crippen molar-refractivity contribution in [3.63, 3.8) is 0 Å². The molecule has 0 fully saturated rings. The molecule has 0 radical (unpaired) electrons. The Morgan fingerprint density at radius 3 is 2.58 bits per heavy atom. The maximum atomic E-state index is 6.24. The lowest BCUT2D eigenvalue weighted by Crippen LogP contribution is -1.94. The van der Waals surface area contributed by atoms with Gasteiger partial charge in [0.1, 0.15) is 0 Å². The third-order valence-electron chi connectivity index (χ3n) is 3.36. The van der Waals surface area contributed by atoms with E-state index in [1.165, 1.54) is 5.56 Å². The molecular weight excluding hydrogens is 340 g/mol. The number of allylic oxidation sites excluding steroid dienone is 1. The summed E-state index contributed by atoms with van der Waals surface area (Å²) in [5.41, 5.74) is 3.11. The van der Waals surface area contributed by atoms with Crippen LogP contribution in [-0.2, 0) is 0 Å². The number of nitrogens with zero attached hydrogens (tertiary/aromatic N) is 3. The summed E-state index contributed by atoms with van der Waals surface area (Å²) in [5.74, 6) is 0.639. The molecule has 24 heavy (non-hydrogen) atoms. The van der Waals surface area contributed by atoms with Crippen molar-refractivity contribution in [2.24, 2.45) is 5.10 Å². The molecule has 0 saturated carbocycles. The molecule has 0 spiro atoms. The van der Waals surface area contributed by atoms with Crippen molar-refractivity contribution in [1.82, 2.24) is 14.9 Å². The Balaban J connectivity index is 1.90. The molecule has 0 amide bonds. The highest BCUT2D eigenvalue weighted by molar-refractivity contribution is 7.71. The van der Waals surface area contributed by atoms with Crippen molar-refractivity contribution in [3.05, 3.63) is 75.5 Å². The molecule has 3 aromatic rings. The lowest BCUT2D eigenvalue weighted by Gasteiger charge is -2.01. The summed E-state index contributed by atoms with van der Waals surface area (Å²) < 4.78 is 1.97. The first kappa shape index (κ1) is 16.4. The number of H-pyrrole nitrogens is 1. The van der Waals surface area contributed by atoms with Crippen molar-refractivity contribution in [1.29, 1.82) is 0 Å². The fourth-order valence-electron chi connectivity index (χ4n) is 2.15. The van der Waals surface area contributed by atoms with E-state index in [1.807, 2.05) is 67.6 Å². The molecule has 3 rings (SSSR count). The van der Waals surface area contributed by atoms with E-state index < -0.39 is 0 Å². The van der Waals surface area contributed by atoms with E-state index in [1.54, 1.807) is 10.9 Å². The number of benzene rings is 2. The molecule has 1 heterocycles. The SMILES string of the molecule is Cc1ccc(-c2n[nH]c(=S)n2/N=C/C(Cl)=C/c2ccccc2)cc1. The second-order valence-electron chi connectivity index (χ2n) is 5.21. The minimum Gasteiger partial charge on any atom is -0.250 e. The molecule has 0 bridgehead atoms. The van der Waals surface area contributed by atoms with Gasteiger partial charge in [0, 0.05) is 5.56 Å². The minimum absolute atomic E-state index is 0.408. The van der Waals surface area contributed by atoms with Crippen LogP contribution in [0.4, 0.5) is 0 Å². The third-order valence-corrected chi connectivity index (χ3v) is 3.83. The predicted molar refractivity (Wildman–Crippen MR) is 102 cm³/mol. The van der Waals surface area contributed by atoms with Crippen molar-refractivity contribution >= 4 is 36.1 Å². The summed E-state index contributed by atoms with van der Waals surface area (Å²) >= 11 is 11.5. The van der Waals surface area contributed by atoms with E-state index in [0.717, 1.165) is 11.1 Å². The molecule has 2 aromatic carbocycles. The van der Waals surface area contributed by atoms with Gasteiger partial charge < -0.3 is 0 Å². The van der Waals surface area contributed by atoms with E-state index in [2.05, 4.69) is 15.3 Å².